The Labute approximate surface area is 283 Å². The summed E-state index contributed by atoms with van der Waals surface area (Å²) in [6.07, 6.45) is 2.93. The van der Waals surface area contributed by atoms with Gasteiger partial charge in [0, 0.05) is 40.4 Å². The number of nitrogens with zero attached hydrogens (tertiary/aromatic N) is 2. The number of hydrogen-bond acceptors (Lipinski definition) is 5. The van der Waals surface area contributed by atoms with Crippen molar-refractivity contribution < 1.29 is 19.1 Å². The molecule has 0 saturated heterocycles. The SMILES string of the molecule is CNC(=O)c1ccc(/C=C/C(=O)NCC(=O)N(Cc2ccccc2)c2ccc(Cl)c(COc3cccc4ccc(C)nc34)c2Cl)cc1. The van der Waals surface area contributed by atoms with Gasteiger partial charge in [0.2, 0.25) is 11.8 Å². The maximum Gasteiger partial charge on any atom is 0.251 e. The molecule has 1 aromatic heterocycles. The Balaban J connectivity index is 1.34. The quantitative estimate of drug-likeness (QED) is 0.146. The van der Waals surface area contributed by atoms with Crippen LogP contribution in [0.2, 0.25) is 10.0 Å². The minimum Gasteiger partial charge on any atom is -0.487 e. The van der Waals surface area contributed by atoms with Gasteiger partial charge >= 0.3 is 0 Å². The van der Waals surface area contributed by atoms with Crippen molar-refractivity contribution >= 4 is 63.6 Å². The lowest BCUT2D eigenvalue weighted by atomic mass is 10.1. The van der Waals surface area contributed by atoms with Crippen LogP contribution in [0.5, 0.6) is 5.75 Å². The van der Waals surface area contributed by atoms with E-state index < -0.39 is 5.91 Å². The van der Waals surface area contributed by atoms with E-state index in [1.165, 1.54) is 11.0 Å². The minimum atomic E-state index is -0.455. The maximum absolute atomic E-state index is 13.7. The number of hydrogen-bond donors (Lipinski definition) is 2. The van der Waals surface area contributed by atoms with E-state index in [0.29, 0.717) is 27.6 Å². The van der Waals surface area contributed by atoms with Gasteiger partial charge in [-0.3, -0.25) is 14.4 Å². The number of carbonyl (C=O) groups excluding carboxylic acids is 3. The van der Waals surface area contributed by atoms with Crippen LogP contribution in [0.1, 0.15) is 32.7 Å². The molecule has 4 aromatic carbocycles. The molecular weight excluding hydrogens is 635 g/mol. The molecule has 3 amide bonds. The van der Waals surface area contributed by atoms with Crippen molar-refractivity contribution in [3.05, 3.63) is 141 Å². The number of ether oxygens (including phenoxy) is 1. The van der Waals surface area contributed by atoms with Crippen molar-refractivity contribution in [2.24, 2.45) is 0 Å². The second-order valence-electron chi connectivity index (χ2n) is 10.6. The molecule has 0 spiro atoms. The van der Waals surface area contributed by atoms with Crippen LogP contribution in [0.25, 0.3) is 17.0 Å². The molecule has 0 atom stereocenters. The number of carbonyl (C=O) groups is 3. The van der Waals surface area contributed by atoms with Crippen LogP contribution in [0, 0.1) is 6.92 Å². The number of anilines is 1. The zero-order valence-electron chi connectivity index (χ0n) is 25.8. The summed E-state index contributed by atoms with van der Waals surface area (Å²) in [7, 11) is 1.56. The Morgan fingerprint density at radius 2 is 1.66 bits per heavy atom. The van der Waals surface area contributed by atoms with Crippen LogP contribution in [0.15, 0.2) is 103 Å². The van der Waals surface area contributed by atoms with Crippen molar-refractivity contribution in [1.29, 1.82) is 0 Å². The summed E-state index contributed by atoms with van der Waals surface area (Å²) < 4.78 is 6.18. The fourth-order valence-corrected chi connectivity index (χ4v) is 5.44. The van der Waals surface area contributed by atoms with Crippen LogP contribution in [0.4, 0.5) is 5.69 Å². The first-order valence-electron chi connectivity index (χ1n) is 14.8. The first-order chi connectivity index (χ1) is 22.7. The first-order valence-corrected chi connectivity index (χ1v) is 15.6. The van der Waals surface area contributed by atoms with Gasteiger partial charge < -0.3 is 20.3 Å². The second kappa shape index (κ2) is 15.4. The van der Waals surface area contributed by atoms with E-state index in [1.807, 2.05) is 67.6 Å². The summed E-state index contributed by atoms with van der Waals surface area (Å²) >= 11 is 13.6. The number of benzene rings is 4. The number of pyridine rings is 1. The van der Waals surface area contributed by atoms with Gasteiger partial charge in [-0.2, -0.15) is 0 Å². The molecule has 0 aliphatic heterocycles. The van der Waals surface area contributed by atoms with Crippen LogP contribution < -0.4 is 20.3 Å². The lowest BCUT2D eigenvalue weighted by molar-refractivity contribution is -0.122. The third-order valence-corrected chi connectivity index (χ3v) is 8.15. The molecule has 0 unspecified atom stereocenters. The van der Waals surface area contributed by atoms with Gasteiger partial charge in [-0.25, -0.2) is 4.98 Å². The van der Waals surface area contributed by atoms with Crippen LogP contribution in [-0.4, -0.2) is 36.3 Å². The third-order valence-electron chi connectivity index (χ3n) is 7.38. The molecule has 5 aromatic rings. The van der Waals surface area contributed by atoms with Crippen molar-refractivity contribution in [1.82, 2.24) is 15.6 Å². The Kier molecular flexibility index (Phi) is 10.9. The lowest BCUT2D eigenvalue weighted by Crippen LogP contribution is -2.39. The zero-order valence-corrected chi connectivity index (χ0v) is 27.3. The molecule has 8 nitrogen and oxygen atoms in total. The average Bonchev–Trinajstić information content (AvgIpc) is 3.09. The standard InChI is InChI=1S/C37H32Cl2N4O4/c1-24-11-15-27-9-6-10-32(36(27)42-24)47-23-29-30(38)18-19-31(35(29)39)43(22-26-7-4-3-5-8-26)34(45)21-41-33(44)20-14-25-12-16-28(17-13-25)37(46)40-2/h3-20H,21-23H2,1-2H3,(H,40,46)(H,41,44)/b20-14+. The van der Waals surface area contributed by atoms with Crippen molar-refractivity contribution in [3.8, 4) is 5.75 Å². The third kappa shape index (κ3) is 8.35. The second-order valence-corrected chi connectivity index (χ2v) is 11.4. The molecule has 2 N–H and O–H groups in total. The number of rotatable bonds is 11. The molecule has 47 heavy (non-hydrogen) atoms. The minimum absolute atomic E-state index is 0.0409. The highest BCUT2D eigenvalue weighted by molar-refractivity contribution is 6.38. The molecule has 238 valence electrons. The summed E-state index contributed by atoms with van der Waals surface area (Å²) in [5.74, 6) is -0.451. The van der Waals surface area contributed by atoms with Crippen molar-refractivity contribution in [2.75, 3.05) is 18.5 Å². The highest BCUT2D eigenvalue weighted by Gasteiger charge is 2.23. The van der Waals surface area contributed by atoms with Gasteiger partial charge in [-0.1, -0.05) is 83.9 Å². The number of fused-ring (bicyclic) bond motifs is 1. The molecule has 0 aliphatic rings. The van der Waals surface area contributed by atoms with E-state index in [-0.39, 0.29) is 36.5 Å². The number of para-hydroxylation sites is 1. The molecular formula is C37H32Cl2N4O4. The van der Waals surface area contributed by atoms with E-state index in [0.717, 1.165) is 27.7 Å². The predicted molar refractivity (Wildman–Crippen MR) is 187 cm³/mol. The van der Waals surface area contributed by atoms with Crippen LogP contribution in [-0.2, 0) is 22.7 Å². The number of aryl methyl sites for hydroxylation is 1. The highest BCUT2D eigenvalue weighted by Crippen LogP contribution is 2.36. The first kappa shape index (κ1) is 33.2. The fraction of sp³-hybridized carbons (Fsp3) is 0.135. The monoisotopic (exact) mass is 666 g/mol. The van der Waals surface area contributed by atoms with E-state index in [1.54, 1.807) is 49.5 Å². The highest BCUT2D eigenvalue weighted by atomic mass is 35.5. The largest absolute Gasteiger partial charge is 0.487 e. The zero-order chi connectivity index (χ0) is 33.3. The van der Waals surface area contributed by atoms with Crippen molar-refractivity contribution in [2.45, 2.75) is 20.1 Å². The molecule has 0 saturated carbocycles. The molecule has 0 radical (unpaired) electrons. The van der Waals surface area contributed by atoms with Crippen molar-refractivity contribution in [3.63, 3.8) is 0 Å². The number of aromatic nitrogens is 1. The van der Waals surface area contributed by atoms with E-state index in [4.69, 9.17) is 27.9 Å². The topological polar surface area (TPSA) is 101 Å². The van der Waals surface area contributed by atoms with E-state index >= 15 is 0 Å². The molecule has 5 rings (SSSR count). The maximum atomic E-state index is 13.7. The number of halogens is 2. The van der Waals surface area contributed by atoms with E-state index in [9.17, 15) is 14.4 Å². The Morgan fingerprint density at radius 1 is 0.894 bits per heavy atom. The van der Waals surface area contributed by atoms with Gasteiger partial charge in [0.1, 0.15) is 17.9 Å². The molecule has 1 heterocycles. The Bertz CT molecular complexity index is 1950. The summed E-state index contributed by atoms with van der Waals surface area (Å²) in [4.78, 5) is 44.2. The smallest absolute Gasteiger partial charge is 0.251 e. The summed E-state index contributed by atoms with van der Waals surface area (Å²) in [6, 6.07) is 29.2. The Morgan fingerprint density at radius 3 is 2.40 bits per heavy atom. The average molecular weight is 668 g/mol. The molecule has 10 heteroatoms. The van der Waals surface area contributed by atoms with Gasteiger partial charge in [0.15, 0.2) is 0 Å². The van der Waals surface area contributed by atoms with Gasteiger partial charge in [-0.15, -0.1) is 0 Å². The number of amides is 3. The Hall–Kier alpha value is -5.18. The fourth-order valence-electron chi connectivity index (χ4n) is 4.86. The molecule has 0 fully saturated rings. The van der Waals surface area contributed by atoms with E-state index in [2.05, 4.69) is 15.6 Å². The van der Waals surface area contributed by atoms with Gasteiger partial charge in [-0.05, 0) is 60.5 Å². The van der Waals surface area contributed by atoms with Crippen LogP contribution >= 0.6 is 23.2 Å². The normalized spacial score (nSPS) is 11.0. The van der Waals surface area contributed by atoms with Crippen LogP contribution in [0.3, 0.4) is 0 Å². The van der Waals surface area contributed by atoms with Gasteiger partial charge in [0.25, 0.3) is 5.91 Å². The summed E-state index contributed by atoms with van der Waals surface area (Å²) in [5.41, 5.74) is 4.63. The summed E-state index contributed by atoms with van der Waals surface area (Å²) in [6.45, 7) is 1.88. The predicted octanol–water partition coefficient (Wildman–Crippen LogP) is 7.15. The molecule has 0 bridgehead atoms. The summed E-state index contributed by atoms with van der Waals surface area (Å²) in [5, 5.41) is 6.81. The molecule has 0 aliphatic carbocycles. The lowest BCUT2D eigenvalue weighted by Gasteiger charge is -2.26. The number of nitrogens with one attached hydrogen (secondary N) is 2. The van der Waals surface area contributed by atoms with Gasteiger partial charge in [0.05, 0.1) is 23.8 Å².